The first kappa shape index (κ1) is 23.5. The van der Waals surface area contributed by atoms with Crippen molar-refractivity contribution < 1.29 is 27.5 Å². The highest BCUT2D eigenvalue weighted by atomic mass is 19.4. The summed E-state index contributed by atoms with van der Waals surface area (Å²) in [4.78, 5) is 34.9. The second kappa shape index (κ2) is 9.51. The number of nitrogens with zero attached hydrogens (tertiary/aromatic N) is 3. The van der Waals surface area contributed by atoms with E-state index in [2.05, 4.69) is 15.3 Å². The third kappa shape index (κ3) is 5.72. The van der Waals surface area contributed by atoms with Gasteiger partial charge in [-0.3, -0.25) is 14.6 Å². The van der Waals surface area contributed by atoms with Crippen LogP contribution in [0.25, 0.3) is 0 Å². The molecule has 2 amide bonds. The first-order chi connectivity index (χ1) is 15.1. The van der Waals surface area contributed by atoms with Crippen LogP contribution in [0.4, 0.5) is 24.7 Å². The summed E-state index contributed by atoms with van der Waals surface area (Å²) in [6, 6.07) is 3.28. The number of aryl methyl sites for hydroxylation is 1. The van der Waals surface area contributed by atoms with E-state index in [4.69, 9.17) is 10.5 Å². The second-order valence-corrected chi connectivity index (χ2v) is 7.71. The molecule has 0 radical (unpaired) electrons. The molecule has 8 nitrogen and oxygen atoms in total. The number of alkyl halides is 3. The Labute approximate surface area is 183 Å². The largest absolute Gasteiger partial charge is 0.417 e. The highest BCUT2D eigenvalue weighted by Gasteiger charge is 2.39. The molecule has 172 valence electrons. The molecule has 0 spiro atoms. The molecular weight excluding hydrogens is 427 g/mol. The van der Waals surface area contributed by atoms with Crippen LogP contribution in [0.5, 0.6) is 0 Å². The Morgan fingerprint density at radius 1 is 1.28 bits per heavy atom. The van der Waals surface area contributed by atoms with Crippen LogP contribution in [0.1, 0.15) is 29.7 Å². The fourth-order valence-electron chi connectivity index (χ4n) is 3.30. The Morgan fingerprint density at radius 3 is 2.53 bits per heavy atom. The van der Waals surface area contributed by atoms with Gasteiger partial charge in [-0.25, -0.2) is 4.98 Å². The number of methoxy groups -OCH3 is 1. The molecule has 0 aromatic carbocycles. The number of amides is 2. The average Bonchev–Trinajstić information content (AvgIpc) is 3.57. The van der Waals surface area contributed by atoms with E-state index in [0.29, 0.717) is 23.3 Å². The van der Waals surface area contributed by atoms with Gasteiger partial charge in [0, 0.05) is 13.3 Å². The van der Waals surface area contributed by atoms with E-state index in [0.717, 1.165) is 18.9 Å². The Kier molecular flexibility index (Phi) is 6.97. The molecule has 0 bridgehead atoms. The Morgan fingerprint density at radius 2 is 2.00 bits per heavy atom. The molecule has 0 saturated heterocycles. The molecule has 0 unspecified atom stereocenters. The number of carbonyl (C=O) groups excluding carboxylic acids is 2. The van der Waals surface area contributed by atoms with Crippen molar-refractivity contribution >= 4 is 23.3 Å². The van der Waals surface area contributed by atoms with Crippen molar-refractivity contribution in [3.63, 3.8) is 0 Å². The Bertz CT molecular complexity index is 978. The van der Waals surface area contributed by atoms with Gasteiger partial charge in [-0.05, 0) is 49.4 Å². The first-order valence-electron chi connectivity index (χ1n) is 9.95. The van der Waals surface area contributed by atoms with E-state index in [1.807, 2.05) is 0 Å². The van der Waals surface area contributed by atoms with Crippen LogP contribution in [0, 0.1) is 12.8 Å². The predicted molar refractivity (Wildman–Crippen MR) is 110 cm³/mol. The SMILES string of the molecule is COC[C@@H](C1CC1)N(Cc1ccc(C(F)(F)F)cn1)C(=O)C(=O)Nc1cnc(N)c(C)c1. The summed E-state index contributed by atoms with van der Waals surface area (Å²) in [5, 5.41) is 2.50. The standard InChI is InChI=1S/C21H24F3N5O3/c1-12-7-16(9-27-18(12)25)28-19(30)20(31)29(17(11-32-2)13-3-4-13)10-15-6-5-14(8-26-15)21(22,23)24/h5-9,13,17H,3-4,10-11H2,1-2H3,(H2,25,27)(H,28,30)/t17-/m0/s1. The minimum Gasteiger partial charge on any atom is -0.383 e. The fourth-order valence-corrected chi connectivity index (χ4v) is 3.30. The van der Waals surface area contributed by atoms with E-state index < -0.39 is 29.6 Å². The number of hydrogen-bond donors (Lipinski definition) is 2. The molecule has 1 aliphatic rings. The smallest absolute Gasteiger partial charge is 0.383 e. The number of nitrogen functional groups attached to an aromatic ring is 1. The summed E-state index contributed by atoms with van der Waals surface area (Å²) < 4.78 is 43.7. The predicted octanol–water partition coefficient (Wildman–Crippen LogP) is 2.78. The monoisotopic (exact) mass is 451 g/mol. The van der Waals surface area contributed by atoms with Crippen molar-refractivity contribution in [1.82, 2.24) is 14.9 Å². The van der Waals surface area contributed by atoms with Crippen molar-refractivity contribution in [2.24, 2.45) is 5.92 Å². The second-order valence-electron chi connectivity index (χ2n) is 7.71. The molecule has 2 aromatic heterocycles. The number of halogens is 3. The van der Waals surface area contributed by atoms with Crippen LogP contribution in [-0.4, -0.2) is 46.4 Å². The number of anilines is 2. The summed E-state index contributed by atoms with van der Waals surface area (Å²) in [5.74, 6) is -1.29. The van der Waals surface area contributed by atoms with Gasteiger partial charge in [0.05, 0.1) is 42.3 Å². The molecule has 1 atom stereocenters. The molecule has 3 N–H and O–H groups in total. The van der Waals surface area contributed by atoms with E-state index in [1.54, 1.807) is 13.0 Å². The maximum Gasteiger partial charge on any atom is 0.417 e. The molecule has 0 aliphatic heterocycles. The molecule has 1 fully saturated rings. The van der Waals surface area contributed by atoms with Gasteiger partial charge in [0.25, 0.3) is 0 Å². The molecule has 2 aromatic rings. The minimum atomic E-state index is -4.52. The van der Waals surface area contributed by atoms with Gasteiger partial charge in [0.1, 0.15) is 5.82 Å². The zero-order chi connectivity index (χ0) is 23.5. The van der Waals surface area contributed by atoms with Gasteiger partial charge in [-0.2, -0.15) is 13.2 Å². The van der Waals surface area contributed by atoms with Crippen LogP contribution in [0.2, 0.25) is 0 Å². The molecule has 3 rings (SSSR count). The van der Waals surface area contributed by atoms with Crippen LogP contribution < -0.4 is 11.1 Å². The zero-order valence-electron chi connectivity index (χ0n) is 17.6. The third-order valence-electron chi connectivity index (χ3n) is 5.22. The lowest BCUT2D eigenvalue weighted by Crippen LogP contribution is -2.48. The van der Waals surface area contributed by atoms with E-state index in [1.165, 1.54) is 24.3 Å². The van der Waals surface area contributed by atoms with Crippen LogP contribution in [0.15, 0.2) is 30.6 Å². The van der Waals surface area contributed by atoms with Crippen molar-refractivity contribution in [3.8, 4) is 0 Å². The number of pyridine rings is 2. The highest BCUT2D eigenvalue weighted by Crippen LogP contribution is 2.36. The number of aromatic nitrogens is 2. The fraction of sp³-hybridized carbons (Fsp3) is 0.429. The van der Waals surface area contributed by atoms with Crippen molar-refractivity contribution in [2.45, 2.75) is 38.5 Å². The molecule has 32 heavy (non-hydrogen) atoms. The molecule has 2 heterocycles. The molecule has 1 saturated carbocycles. The van der Waals surface area contributed by atoms with Gasteiger partial charge in [0.15, 0.2) is 0 Å². The number of ether oxygens (including phenoxy) is 1. The first-order valence-corrected chi connectivity index (χ1v) is 9.95. The normalized spacial score (nSPS) is 14.7. The number of nitrogens with one attached hydrogen (secondary N) is 1. The topological polar surface area (TPSA) is 110 Å². The zero-order valence-corrected chi connectivity index (χ0v) is 17.6. The van der Waals surface area contributed by atoms with Gasteiger partial charge >= 0.3 is 18.0 Å². The third-order valence-corrected chi connectivity index (χ3v) is 5.22. The van der Waals surface area contributed by atoms with Gasteiger partial charge in [-0.15, -0.1) is 0 Å². The van der Waals surface area contributed by atoms with Crippen molar-refractivity contribution in [1.29, 1.82) is 0 Å². The Balaban J connectivity index is 1.82. The van der Waals surface area contributed by atoms with Crippen LogP contribution >= 0.6 is 0 Å². The van der Waals surface area contributed by atoms with Crippen LogP contribution in [-0.2, 0) is 27.0 Å². The number of carbonyl (C=O) groups is 2. The average molecular weight is 451 g/mol. The lowest BCUT2D eigenvalue weighted by molar-refractivity contribution is -0.146. The van der Waals surface area contributed by atoms with Gasteiger partial charge in [-0.1, -0.05) is 0 Å². The van der Waals surface area contributed by atoms with E-state index in [-0.39, 0.29) is 24.8 Å². The summed E-state index contributed by atoms with van der Waals surface area (Å²) in [6.45, 7) is 1.77. The Hall–Kier alpha value is -3.21. The van der Waals surface area contributed by atoms with Gasteiger partial charge < -0.3 is 20.7 Å². The highest BCUT2D eigenvalue weighted by molar-refractivity contribution is 6.39. The maximum absolute atomic E-state index is 13.1. The van der Waals surface area contributed by atoms with E-state index >= 15 is 0 Å². The summed E-state index contributed by atoms with van der Waals surface area (Å²) in [5.41, 5.74) is 5.95. The quantitative estimate of drug-likeness (QED) is 0.627. The lowest BCUT2D eigenvalue weighted by Gasteiger charge is -2.31. The van der Waals surface area contributed by atoms with Crippen molar-refractivity contribution in [3.05, 3.63) is 47.4 Å². The molecular formula is C21H24F3N5O3. The summed E-state index contributed by atoms with van der Waals surface area (Å²) in [7, 11) is 1.48. The lowest BCUT2D eigenvalue weighted by atomic mass is 10.1. The number of rotatable bonds is 7. The minimum absolute atomic E-state index is 0.131. The summed E-state index contributed by atoms with van der Waals surface area (Å²) in [6.07, 6.45) is -0.743. The van der Waals surface area contributed by atoms with Crippen molar-refractivity contribution in [2.75, 3.05) is 24.8 Å². The van der Waals surface area contributed by atoms with Gasteiger partial charge in [0.2, 0.25) is 0 Å². The maximum atomic E-state index is 13.1. The number of nitrogens with two attached hydrogens (primary N) is 1. The molecule has 11 heteroatoms. The number of hydrogen-bond acceptors (Lipinski definition) is 6. The van der Waals surface area contributed by atoms with Crippen LogP contribution in [0.3, 0.4) is 0 Å². The summed E-state index contributed by atoms with van der Waals surface area (Å²) >= 11 is 0. The molecule has 1 aliphatic carbocycles. The van der Waals surface area contributed by atoms with E-state index in [9.17, 15) is 22.8 Å².